The summed E-state index contributed by atoms with van der Waals surface area (Å²) in [5.41, 5.74) is 0. The molecule has 3 atom stereocenters. The van der Waals surface area contributed by atoms with E-state index in [4.69, 9.17) is 16.3 Å². The lowest BCUT2D eigenvalue weighted by atomic mass is 9.78. The summed E-state index contributed by atoms with van der Waals surface area (Å²) in [5, 5.41) is 2.32. The molecule has 0 bridgehead atoms. The van der Waals surface area contributed by atoms with Gasteiger partial charge in [-0.2, -0.15) is 13.2 Å². The molecule has 0 aliphatic heterocycles. The zero-order chi connectivity index (χ0) is 15.2. The number of carbonyl (C=O) groups excluding carboxylic acids is 1. The third kappa shape index (κ3) is 5.48. The van der Waals surface area contributed by atoms with Crippen LogP contribution in [0.15, 0.2) is 0 Å². The predicted octanol–water partition coefficient (Wildman–Crippen LogP) is 3.12. The standard InChI is InChI=1S/C13H21ClF3NO2/c1-20-8-9(14)6-7-18-12(19)10-4-2-3-5-11(10)13(15,16)17/h9-11H,2-8H2,1H3,(H,18,19). The fourth-order valence-corrected chi connectivity index (χ4v) is 2.82. The molecule has 20 heavy (non-hydrogen) atoms. The Balaban J connectivity index is 2.44. The molecular formula is C13H21ClF3NO2. The monoisotopic (exact) mass is 315 g/mol. The van der Waals surface area contributed by atoms with E-state index in [0.717, 1.165) is 0 Å². The van der Waals surface area contributed by atoms with Gasteiger partial charge in [-0.3, -0.25) is 4.79 Å². The van der Waals surface area contributed by atoms with E-state index < -0.39 is 23.9 Å². The second-order valence-corrected chi connectivity index (χ2v) is 5.79. The Hall–Kier alpha value is -0.490. The molecule has 0 aromatic rings. The topological polar surface area (TPSA) is 38.3 Å². The summed E-state index contributed by atoms with van der Waals surface area (Å²) in [7, 11) is 1.52. The zero-order valence-corrected chi connectivity index (χ0v) is 12.3. The van der Waals surface area contributed by atoms with E-state index in [1.54, 1.807) is 0 Å². The van der Waals surface area contributed by atoms with Crippen LogP contribution in [-0.4, -0.2) is 37.7 Å². The third-order valence-corrected chi connectivity index (χ3v) is 3.97. The molecule has 118 valence electrons. The van der Waals surface area contributed by atoms with E-state index in [2.05, 4.69) is 5.32 Å². The van der Waals surface area contributed by atoms with E-state index in [0.29, 0.717) is 32.3 Å². The number of hydrogen-bond acceptors (Lipinski definition) is 2. The van der Waals surface area contributed by atoms with Crippen LogP contribution in [0.4, 0.5) is 13.2 Å². The minimum absolute atomic E-state index is 0.0450. The van der Waals surface area contributed by atoms with E-state index in [1.165, 1.54) is 7.11 Å². The van der Waals surface area contributed by atoms with Gasteiger partial charge in [-0.05, 0) is 19.3 Å². The molecule has 0 aromatic heterocycles. The number of ether oxygens (including phenoxy) is 1. The molecule has 1 N–H and O–H groups in total. The summed E-state index contributed by atoms with van der Waals surface area (Å²) in [4.78, 5) is 11.9. The van der Waals surface area contributed by atoms with Gasteiger partial charge in [-0.1, -0.05) is 12.8 Å². The van der Waals surface area contributed by atoms with Gasteiger partial charge in [0, 0.05) is 19.6 Å². The molecule has 0 aromatic carbocycles. The smallest absolute Gasteiger partial charge is 0.383 e. The molecular weight excluding hydrogens is 295 g/mol. The van der Waals surface area contributed by atoms with Gasteiger partial charge in [0.05, 0.1) is 17.9 Å². The maximum Gasteiger partial charge on any atom is 0.392 e. The molecule has 1 saturated carbocycles. The number of nitrogens with one attached hydrogen (secondary N) is 1. The number of amides is 1. The van der Waals surface area contributed by atoms with Crippen molar-refractivity contribution < 1.29 is 22.7 Å². The lowest BCUT2D eigenvalue weighted by Gasteiger charge is -2.32. The van der Waals surface area contributed by atoms with Gasteiger partial charge in [0.25, 0.3) is 0 Å². The van der Waals surface area contributed by atoms with Crippen LogP contribution in [0.25, 0.3) is 0 Å². The van der Waals surface area contributed by atoms with Crippen LogP contribution in [-0.2, 0) is 9.53 Å². The van der Waals surface area contributed by atoms with Crippen molar-refractivity contribution in [3.8, 4) is 0 Å². The van der Waals surface area contributed by atoms with Crippen molar-refractivity contribution in [3.63, 3.8) is 0 Å². The SMILES string of the molecule is COCC(Cl)CCNC(=O)C1CCCCC1C(F)(F)F. The van der Waals surface area contributed by atoms with Crippen molar-refractivity contribution in [2.45, 2.75) is 43.7 Å². The van der Waals surface area contributed by atoms with Crippen molar-refractivity contribution in [2.75, 3.05) is 20.3 Å². The Labute approximate surface area is 122 Å². The molecule has 1 fully saturated rings. The van der Waals surface area contributed by atoms with Gasteiger partial charge in [0.1, 0.15) is 0 Å². The molecule has 7 heteroatoms. The zero-order valence-electron chi connectivity index (χ0n) is 11.5. The summed E-state index contributed by atoms with van der Waals surface area (Å²) in [5.74, 6) is -2.98. The number of methoxy groups -OCH3 is 1. The van der Waals surface area contributed by atoms with Crippen LogP contribution in [0.5, 0.6) is 0 Å². The maximum absolute atomic E-state index is 12.9. The van der Waals surface area contributed by atoms with Gasteiger partial charge < -0.3 is 10.1 Å². The fourth-order valence-electron chi connectivity index (χ4n) is 2.58. The lowest BCUT2D eigenvalue weighted by molar-refractivity contribution is -0.198. The van der Waals surface area contributed by atoms with Crippen molar-refractivity contribution in [3.05, 3.63) is 0 Å². The Kier molecular flexibility index (Phi) is 7.09. The minimum atomic E-state index is -4.30. The minimum Gasteiger partial charge on any atom is -0.383 e. The van der Waals surface area contributed by atoms with Crippen molar-refractivity contribution in [1.29, 1.82) is 0 Å². The van der Waals surface area contributed by atoms with Crippen molar-refractivity contribution >= 4 is 17.5 Å². The molecule has 1 aliphatic rings. The largest absolute Gasteiger partial charge is 0.392 e. The molecule has 0 radical (unpaired) electrons. The highest BCUT2D eigenvalue weighted by atomic mass is 35.5. The highest BCUT2D eigenvalue weighted by molar-refractivity contribution is 6.20. The molecule has 1 aliphatic carbocycles. The summed E-state index contributed by atoms with van der Waals surface area (Å²) < 4.78 is 43.5. The number of rotatable bonds is 6. The first-order valence-electron chi connectivity index (χ1n) is 6.83. The molecule has 0 heterocycles. The normalized spacial score (nSPS) is 25.2. The summed E-state index contributed by atoms with van der Waals surface area (Å²) in [6.45, 7) is 0.628. The van der Waals surface area contributed by atoms with Gasteiger partial charge in [-0.25, -0.2) is 0 Å². The van der Waals surface area contributed by atoms with Crippen LogP contribution in [0.2, 0.25) is 0 Å². The predicted molar refractivity (Wildman–Crippen MR) is 70.6 cm³/mol. The first kappa shape index (κ1) is 17.6. The number of halogens is 4. The fraction of sp³-hybridized carbons (Fsp3) is 0.923. The average molecular weight is 316 g/mol. The number of carbonyl (C=O) groups is 1. The summed E-state index contributed by atoms with van der Waals surface area (Å²) in [6, 6.07) is 0. The van der Waals surface area contributed by atoms with Crippen LogP contribution in [0, 0.1) is 11.8 Å². The third-order valence-electron chi connectivity index (χ3n) is 3.63. The number of hydrogen-bond donors (Lipinski definition) is 1. The van der Waals surface area contributed by atoms with Crippen LogP contribution >= 0.6 is 11.6 Å². The van der Waals surface area contributed by atoms with Crippen molar-refractivity contribution in [2.24, 2.45) is 11.8 Å². The highest BCUT2D eigenvalue weighted by Gasteiger charge is 2.47. The van der Waals surface area contributed by atoms with E-state index in [9.17, 15) is 18.0 Å². The summed E-state index contributed by atoms with van der Waals surface area (Å²) in [6.07, 6.45) is -2.27. The van der Waals surface area contributed by atoms with Crippen molar-refractivity contribution in [1.82, 2.24) is 5.32 Å². The quantitative estimate of drug-likeness (QED) is 0.765. The van der Waals surface area contributed by atoms with E-state index in [-0.39, 0.29) is 18.3 Å². The van der Waals surface area contributed by atoms with Gasteiger partial charge in [-0.15, -0.1) is 11.6 Å². The average Bonchev–Trinajstić information content (AvgIpc) is 2.38. The lowest BCUT2D eigenvalue weighted by Crippen LogP contribution is -2.43. The molecule has 0 spiro atoms. The molecule has 1 amide bonds. The second kappa shape index (κ2) is 8.08. The summed E-state index contributed by atoms with van der Waals surface area (Å²) >= 11 is 5.90. The Morgan fingerprint density at radius 3 is 2.65 bits per heavy atom. The van der Waals surface area contributed by atoms with Crippen LogP contribution < -0.4 is 5.32 Å². The van der Waals surface area contributed by atoms with E-state index in [1.807, 2.05) is 0 Å². The Bertz CT molecular complexity index is 312. The Morgan fingerprint density at radius 2 is 2.05 bits per heavy atom. The highest BCUT2D eigenvalue weighted by Crippen LogP contribution is 2.41. The number of alkyl halides is 4. The first-order valence-corrected chi connectivity index (χ1v) is 7.27. The molecule has 1 rings (SSSR count). The van der Waals surface area contributed by atoms with Gasteiger partial charge >= 0.3 is 6.18 Å². The Morgan fingerprint density at radius 1 is 1.40 bits per heavy atom. The van der Waals surface area contributed by atoms with Crippen LogP contribution in [0.1, 0.15) is 32.1 Å². The second-order valence-electron chi connectivity index (χ2n) is 5.17. The first-order chi connectivity index (χ1) is 9.36. The molecule has 3 unspecified atom stereocenters. The van der Waals surface area contributed by atoms with Gasteiger partial charge in [0.15, 0.2) is 0 Å². The van der Waals surface area contributed by atoms with Gasteiger partial charge in [0.2, 0.25) is 5.91 Å². The maximum atomic E-state index is 12.9. The molecule has 0 saturated heterocycles. The van der Waals surface area contributed by atoms with Crippen LogP contribution in [0.3, 0.4) is 0 Å². The van der Waals surface area contributed by atoms with E-state index >= 15 is 0 Å². The molecule has 3 nitrogen and oxygen atoms in total.